The van der Waals surface area contributed by atoms with Gasteiger partial charge >= 0.3 is 0 Å². The van der Waals surface area contributed by atoms with Crippen LogP contribution in [-0.2, 0) is 0 Å². The van der Waals surface area contributed by atoms with E-state index in [1.165, 1.54) is 6.33 Å². The molecule has 0 amide bonds. The lowest BCUT2D eigenvalue weighted by molar-refractivity contribution is 0.602. The first kappa shape index (κ1) is 12.4. The Morgan fingerprint density at radius 3 is 2.88 bits per heavy atom. The molecule has 3 N–H and O–H groups in total. The highest BCUT2D eigenvalue weighted by atomic mass is 16.1. The zero-order valence-electron chi connectivity index (χ0n) is 9.92. The van der Waals surface area contributed by atoms with Gasteiger partial charge in [-0.15, -0.1) is 0 Å². The maximum absolute atomic E-state index is 11.5. The van der Waals surface area contributed by atoms with Crippen molar-refractivity contribution in [2.45, 2.75) is 26.7 Å². The van der Waals surface area contributed by atoms with E-state index in [0.29, 0.717) is 29.4 Å². The Balaban J connectivity index is 2.91. The number of anilines is 1. The van der Waals surface area contributed by atoms with Gasteiger partial charge in [0, 0.05) is 7.05 Å². The summed E-state index contributed by atoms with van der Waals surface area (Å²) < 4.78 is 0. The number of nitrogens with zero attached hydrogens (tertiary/aromatic N) is 1. The molecule has 0 aliphatic heterocycles. The minimum absolute atomic E-state index is 0.234. The van der Waals surface area contributed by atoms with E-state index in [4.69, 9.17) is 5.41 Å². The van der Waals surface area contributed by atoms with Crippen molar-refractivity contribution in [3.63, 3.8) is 0 Å². The van der Waals surface area contributed by atoms with Crippen molar-refractivity contribution in [3.8, 4) is 0 Å². The zero-order valence-corrected chi connectivity index (χ0v) is 9.92. The highest BCUT2D eigenvalue weighted by molar-refractivity contribution is 6.00. The van der Waals surface area contributed by atoms with Gasteiger partial charge in [0.25, 0.3) is 5.56 Å². The first-order valence-electron chi connectivity index (χ1n) is 5.39. The van der Waals surface area contributed by atoms with Crippen molar-refractivity contribution in [2.75, 3.05) is 12.4 Å². The molecule has 0 atom stereocenters. The topological polar surface area (TPSA) is 81.6 Å². The number of aromatic nitrogens is 2. The van der Waals surface area contributed by atoms with E-state index in [9.17, 15) is 4.79 Å². The van der Waals surface area contributed by atoms with E-state index in [1.807, 2.05) is 0 Å². The predicted octanol–water partition coefficient (Wildman–Crippen LogP) is 1.62. The molecule has 1 aromatic rings. The Morgan fingerprint density at radius 2 is 2.31 bits per heavy atom. The Labute approximate surface area is 94.8 Å². The minimum Gasteiger partial charge on any atom is -0.382 e. The second-order valence-electron chi connectivity index (χ2n) is 4.12. The minimum atomic E-state index is -0.234. The molecular formula is C11H18N4O. The summed E-state index contributed by atoms with van der Waals surface area (Å²) in [5.74, 6) is 0.542. The Morgan fingerprint density at radius 1 is 1.62 bits per heavy atom. The lowest BCUT2D eigenvalue weighted by atomic mass is 10.0. The summed E-state index contributed by atoms with van der Waals surface area (Å²) in [7, 11) is 1.66. The number of hydrogen-bond acceptors (Lipinski definition) is 4. The van der Waals surface area contributed by atoms with E-state index in [0.717, 1.165) is 6.42 Å². The summed E-state index contributed by atoms with van der Waals surface area (Å²) in [6.07, 6.45) is 2.90. The maximum atomic E-state index is 11.5. The summed E-state index contributed by atoms with van der Waals surface area (Å²) in [6.45, 7) is 4.22. The van der Waals surface area contributed by atoms with Gasteiger partial charge in [0.15, 0.2) is 0 Å². The molecule has 0 aromatic carbocycles. The van der Waals surface area contributed by atoms with Crippen LogP contribution in [0.4, 0.5) is 5.69 Å². The molecule has 1 aromatic heterocycles. The molecule has 0 saturated heterocycles. The second-order valence-corrected chi connectivity index (χ2v) is 4.12. The third-order valence-corrected chi connectivity index (χ3v) is 2.36. The van der Waals surface area contributed by atoms with Crippen molar-refractivity contribution >= 4 is 11.4 Å². The smallest absolute Gasteiger partial charge is 0.274 e. The zero-order chi connectivity index (χ0) is 12.1. The van der Waals surface area contributed by atoms with Crippen molar-refractivity contribution in [2.24, 2.45) is 5.92 Å². The highest BCUT2D eigenvalue weighted by Crippen LogP contribution is 2.12. The quantitative estimate of drug-likeness (QED) is 0.662. The van der Waals surface area contributed by atoms with E-state index in [2.05, 4.69) is 29.1 Å². The van der Waals surface area contributed by atoms with Gasteiger partial charge in [-0.25, -0.2) is 4.98 Å². The largest absolute Gasteiger partial charge is 0.382 e. The van der Waals surface area contributed by atoms with Gasteiger partial charge < -0.3 is 15.7 Å². The van der Waals surface area contributed by atoms with Gasteiger partial charge in [-0.1, -0.05) is 13.8 Å². The van der Waals surface area contributed by atoms with E-state index >= 15 is 0 Å². The van der Waals surface area contributed by atoms with E-state index < -0.39 is 0 Å². The average Bonchev–Trinajstić information content (AvgIpc) is 2.25. The summed E-state index contributed by atoms with van der Waals surface area (Å²) in [6, 6.07) is 0. The monoisotopic (exact) mass is 222 g/mol. The molecule has 0 spiro atoms. The van der Waals surface area contributed by atoms with Crippen LogP contribution in [0.3, 0.4) is 0 Å². The third kappa shape index (κ3) is 2.92. The molecule has 1 heterocycles. The van der Waals surface area contributed by atoms with Crippen LogP contribution in [0.5, 0.6) is 0 Å². The molecule has 0 aliphatic carbocycles. The standard InChI is InChI=1S/C11H18N4O/c1-7(2)4-5-8(12)9-10(13-3)11(16)15-6-14-9/h6-7,12-13H,4-5H2,1-3H3,(H,14,15,16). The van der Waals surface area contributed by atoms with Crippen molar-refractivity contribution in [1.82, 2.24) is 9.97 Å². The molecule has 0 saturated carbocycles. The molecule has 0 aliphatic rings. The van der Waals surface area contributed by atoms with Gasteiger partial charge in [0.05, 0.1) is 12.0 Å². The van der Waals surface area contributed by atoms with Gasteiger partial charge in [0.1, 0.15) is 11.4 Å². The van der Waals surface area contributed by atoms with Gasteiger partial charge in [-0.3, -0.25) is 4.79 Å². The fraction of sp³-hybridized carbons (Fsp3) is 0.545. The number of hydrogen-bond donors (Lipinski definition) is 3. The van der Waals surface area contributed by atoms with Crippen molar-refractivity contribution in [3.05, 3.63) is 22.4 Å². The fourth-order valence-electron chi connectivity index (χ4n) is 1.41. The number of H-pyrrole nitrogens is 1. The van der Waals surface area contributed by atoms with Crippen LogP contribution in [0.25, 0.3) is 0 Å². The summed E-state index contributed by atoms with van der Waals surface area (Å²) >= 11 is 0. The van der Waals surface area contributed by atoms with Gasteiger partial charge in [-0.2, -0.15) is 0 Å². The summed E-state index contributed by atoms with van der Waals surface area (Å²) in [5.41, 5.74) is 0.995. The molecule has 0 radical (unpaired) electrons. The lowest BCUT2D eigenvalue weighted by Gasteiger charge is -2.09. The fourth-order valence-corrected chi connectivity index (χ4v) is 1.41. The second kappa shape index (κ2) is 5.44. The average molecular weight is 222 g/mol. The first-order chi connectivity index (χ1) is 7.56. The van der Waals surface area contributed by atoms with Crippen LogP contribution >= 0.6 is 0 Å². The maximum Gasteiger partial charge on any atom is 0.274 e. The van der Waals surface area contributed by atoms with Crippen LogP contribution in [0.1, 0.15) is 32.4 Å². The lowest BCUT2D eigenvalue weighted by Crippen LogP contribution is -2.18. The van der Waals surface area contributed by atoms with Crippen LogP contribution in [0.2, 0.25) is 0 Å². The molecule has 0 bridgehead atoms. The SMILES string of the molecule is CNc1c(C(=N)CCC(C)C)nc[nH]c1=O. The Kier molecular flexibility index (Phi) is 4.22. The molecule has 5 nitrogen and oxygen atoms in total. The number of aromatic amines is 1. The summed E-state index contributed by atoms with van der Waals surface area (Å²) in [5, 5.41) is 10.7. The third-order valence-electron chi connectivity index (χ3n) is 2.36. The molecule has 0 unspecified atom stereocenters. The summed E-state index contributed by atoms with van der Waals surface area (Å²) in [4.78, 5) is 18.0. The van der Waals surface area contributed by atoms with Crippen molar-refractivity contribution < 1.29 is 0 Å². The predicted molar refractivity (Wildman–Crippen MR) is 65.3 cm³/mol. The number of rotatable bonds is 5. The van der Waals surface area contributed by atoms with Crippen LogP contribution in [-0.4, -0.2) is 22.7 Å². The Bertz CT molecular complexity index is 422. The molecule has 5 heteroatoms. The molecule has 0 fully saturated rings. The van der Waals surface area contributed by atoms with E-state index in [1.54, 1.807) is 7.05 Å². The van der Waals surface area contributed by atoms with Crippen molar-refractivity contribution in [1.29, 1.82) is 5.41 Å². The molecule has 1 rings (SSSR count). The first-order valence-corrected chi connectivity index (χ1v) is 5.39. The Hall–Kier alpha value is -1.65. The molecule has 88 valence electrons. The molecular weight excluding hydrogens is 204 g/mol. The number of nitrogens with one attached hydrogen (secondary N) is 3. The van der Waals surface area contributed by atoms with Crippen LogP contribution < -0.4 is 10.9 Å². The van der Waals surface area contributed by atoms with Crippen LogP contribution in [0.15, 0.2) is 11.1 Å². The van der Waals surface area contributed by atoms with Gasteiger partial charge in [0.2, 0.25) is 0 Å². The normalized spacial score (nSPS) is 10.5. The van der Waals surface area contributed by atoms with Gasteiger partial charge in [-0.05, 0) is 18.8 Å². The van der Waals surface area contributed by atoms with Crippen LogP contribution in [0, 0.1) is 11.3 Å². The van der Waals surface area contributed by atoms with E-state index in [-0.39, 0.29) is 5.56 Å². The highest BCUT2D eigenvalue weighted by Gasteiger charge is 2.12. The molecule has 16 heavy (non-hydrogen) atoms.